The van der Waals surface area contributed by atoms with Crippen molar-refractivity contribution in [1.82, 2.24) is 0 Å². The van der Waals surface area contributed by atoms with Gasteiger partial charge in [0.1, 0.15) is 5.82 Å². The second-order valence-corrected chi connectivity index (χ2v) is 5.28. The second kappa shape index (κ2) is 6.13. The molecule has 1 nitrogen and oxygen atoms in total. The number of benzene rings is 1. The van der Waals surface area contributed by atoms with E-state index < -0.39 is 0 Å². The summed E-state index contributed by atoms with van der Waals surface area (Å²) in [4.78, 5) is 0. The first-order valence-electron chi connectivity index (χ1n) is 5.28. The summed E-state index contributed by atoms with van der Waals surface area (Å²) in [7, 11) is 0. The summed E-state index contributed by atoms with van der Waals surface area (Å²) in [6.45, 7) is 4.88. The molecular formula is C12H18FNS. The van der Waals surface area contributed by atoms with E-state index in [2.05, 4.69) is 13.8 Å². The van der Waals surface area contributed by atoms with Gasteiger partial charge in [0, 0.05) is 17.0 Å². The normalized spacial score (nSPS) is 14.9. The van der Waals surface area contributed by atoms with E-state index in [1.165, 1.54) is 6.07 Å². The molecule has 1 aromatic rings. The van der Waals surface area contributed by atoms with Gasteiger partial charge in [0.05, 0.1) is 0 Å². The Bertz CT molecular complexity index is 303. The Morgan fingerprint density at radius 3 is 2.73 bits per heavy atom. The average molecular weight is 227 g/mol. The first-order valence-corrected chi connectivity index (χ1v) is 6.22. The summed E-state index contributed by atoms with van der Waals surface area (Å²) < 4.78 is 13.0. The second-order valence-electron chi connectivity index (χ2n) is 3.63. The molecule has 0 amide bonds. The lowest BCUT2D eigenvalue weighted by molar-refractivity contribution is 0.625. The Hall–Kier alpha value is -0.540. The van der Waals surface area contributed by atoms with E-state index in [1.807, 2.05) is 17.8 Å². The highest BCUT2D eigenvalue weighted by molar-refractivity contribution is 8.00. The molecule has 0 fully saturated rings. The van der Waals surface area contributed by atoms with Crippen LogP contribution in [-0.4, -0.2) is 11.8 Å². The molecule has 3 heteroatoms. The molecular weight excluding hydrogens is 209 g/mol. The molecule has 0 saturated heterocycles. The van der Waals surface area contributed by atoms with Crippen LogP contribution in [0.5, 0.6) is 0 Å². The van der Waals surface area contributed by atoms with Crippen LogP contribution < -0.4 is 5.73 Å². The molecule has 15 heavy (non-hydrogen) atoms. The highest BCUT2D eigenvalue weighted by Crippen LogP contribution is 2.32. The maximum absolute atomic E-state index is 13.0. The van der Waals surface area contributed by atoms with Crippen LogP contribution in [0.3, 0.4) is 0 Å². The Balaban J connectivity index is 2.73. The fourth-order valence-electron chi connectivity index (χ4n) is 1.35. The molecule has 0 heterocycles. The fraction of sp³-hybridized carbons (Fsp3) is 0.500. The Kier molecular flexibility index (Phi) is 5.12. The van der Waals surface area contributed by atoms with Crippen LogP contribution in [0.4, 0.5) is 4.39 Å². The van der Waals surface area contributed by atoms with Crippen LogP contribution >= 0.6 is 11.8 Å². The number of hydrogen-bond acceptors (Lipinski definition) is 2. The van der Waals surface area contributed by atoms with Crippen LogP contribution in [0.15, 0.2) is 24.3 Å². The molecule has 84 valence electrons. The van der Waals surface area contributed by atoms with Crippen molar-refractivity contribution in [1.29, 1.82) is 0 Å². The van der Waals surface area contributed by atoms with Crippen molar-refractivity contribution >= 4 is 11.8 Å². The lowest BCUT2D eigenvalue weighted by Gasteiger charge is -2.18. The van der Waals surface area contributed by atoms with E-state index in [1.54, 1.807) is 12.1 Å². The largest absolute Gasteiger partial charge is 0.329 e. The first-order chi connectivity index (χ1) is 7.17. The number of rotatable bonds is 5. The van der Waals surface area contributed by atoms with E-state index in [9.17, 15) is 4.39 Å². The zero-order chi connectivity index (χ0) is 11.3. The van der Waals surface area contributed by atoms with E-state index >= 15 is 0 Å². The first kappa shape index (κ1) is 12.5. The van der Waals surface area contributed by atoms with Gasteiger partial charge >= 0.3 is 0 Å². The molecule has 1 aromatic carbocycles. The summed E-state index contributed by atoms with van der Waals surface area (Å²) in [5.41, 5.74) is 6.70. The Morgan fingerprint density at radius 2 is 2.20 bits per heavy atom. The quantitative estimate of drug-likeness (QED) is 0.834. The minimum Gasteiger partial charge on any atom is -0.329 e. The smallest absolute Gasteiger partial charge is 0.123 e. The van der Waals surface area contributed by atoms with E-state index in [-0.39, 0.29) is 11.1 Å². The summed E-state index contributed by atoms with van der Waals surface area (Å²) >= 11 is 1.81. The van der Waals surface area contributed by atoms with Gasteiger partial charge in [-0.1, -0.05) is 26.0 Å². The van der Waals surface area contributed by atoms with Gasteiger partial charge in [-0.2, -0.15) is 0 Å². The lowest BCUT2D eigenvalue weighted by Crippen LogP contribution is -2.12. The average Bonchev–Trinajstić information content (AvgIpc) is 2.25. The third kappa shape index (κ3) is 3.84. The van der Waals surface area contributed by atoms with Crippen molar-refractivity contribution in [3.63, 3.8) is 0 Å². The van der Waals surface area contributed by atoms with Crippen molar-refractivity contribution in [3.8, 4) is 0 Å². The number of nitrogens with two attached hydrogens (primary N) is 1. The predicted molar refractivity (Wildman–Crippen MR) is 65.5 cm³/mol. The van der Waals surface area contributed by atoms with E-state index in [4.69, 9.17) is 5.73 Å². The minimum atomic E-state index is -0.185. The third-order valence-electron chi connectivity index (χ3n) is 2.41. The highest BCUT2D eigenvalue weighted by atomic mass is 32.2. The van der Waals surface area contributed by atoms with Crippen LogP contribution in [0.1, 0.15) is 31.1 Å². The van der Waals surface area contributed by atoms with Crippen LogP contribution in [0.25, 0.3) is 0 Å². The van der Waals surface area contributed by atoms with Gasteiger partial charge in [-0.3, -0.25) is 0 Å². The van der Waals surface area contributed by atoms with Crippen LogP contribution in [0.2, 0.25) is 0 Å². The molecule has 0 aliphatic heterocycles. The Morgan fingerprint density at radius 1 is 1.47 bits per heavy atom. The van der Waals surface area contributed by atoms with Crippen molar-refractivity contribution in [2.45, 2.75) is 30.8 Å². The zero-order valence-electron chi connectivity index (χ0n) is 9.24. The molecule has 2 N–H and O–H groups in total. The zero-order valence-corrected chi connectivity index (χ0v) is 10.1. The fourth-order valence-corrected chi connectivity index (χ4v) is 2.52. The summed E-state index contributed by atoms with van der Waals surface area (Å²) in [6, 6.07) is 6.72. The summed E-state index contributed by atoms with van der Waals surface area (Å²) in [5, 5.41) is 0.762. The predicted octanol–water partition coefficient (Wildman–Crippen LogP) is 3.36. The third-order valence-corrected chi connectivity index (χ3v) is 4.00. The summed E-state index contributed by atoms with van der Waals surface area (Å²) in [6.07, 6.45) is 1.11. The highest BCUT2D eigenvalue weighted by Gasteiger charge is 2.13. The van der Waals surface area contributed by atoms with Crippen LogP contribution in [-0.2, 0) is 0 Å². The Labute approximate surface area is 95.2 Å². The topological polar surface area (TPSA) is 26.0 Å². The molecule has 0 aliphatic rings. The van der Waals surface area contributed by atoms with E-state index in [0.29, 0.717) is 11.8 Å². The van der Waals surface area contributed by atoms with Gasteiger partial charge in [0.25, 0.3) is 0 Å². The maximum Gasteiger partial charge on any atom is 0.123 e. The van der Waals surface area contributed by atoms with Gasteiger partial charge in [0.15, 0.2) is 0 Å². The standard InChI is InChI=1S/C12H18FNS/c1-3-9(2)15-12(8-14)10-5-4-6-11(13)7-10/h4-7,9,12H,3,8,14H2,1-2H3. The van der Waals surface area contributed by atoms with Crippen molar-refractivity contribution in [2.24, 2.45) is 5.73 Å². The van der Waals surface area contributed by atoms with Crippen molar-refractivity contribution in [3.05, 3.63) is 35.6 Å². The molecule has 2 unspecified atom stereocenters. The summed E-state index contributed by atoms with van der Waals surface area (Å²) in [5.74, 6) is -0.185. The molecule has 0 aromatic heterocycles. The molecule has 1 rings (SSSR count). The van der Waals surface area contributed by atoms with Gasteiger partial charge in [0.2, 0.25) is 0 Å². The number of halogens is 1. The molecule has 0 spiro atoms. The molecule has 0 radical (unpaired) electrons. The molecule has 0 aliphatic carbocycles. The molecule has 0 saturated carbocycles. The van der Waals surface area contributed by atoms with Gasteiger partial charge in [-0.15, -0.1) is 11.8 Å². The minimum absolute atomic E-state index is 0.185. The van der Waals surface area contributed by atoms with Gasteiger partial charge in [-0.25, -0.2) is 4.39 Å². The SMILES string of the molecule is CCC(C)SC(CN)c1cccc(F)c1. The van der Waals surface area contributed by atoms with E-state index in [0.717, 1.165) is 12.0 Å². The number of thioether (sulfide) groups is 1. The molecule has 2 atom stereocenters. The lowest BCUT2D eigenvalue weighted by atomic mass is 10.1. The monoisotopic (exact) mass is 227 g/mol. The van der Waals surface area contributed by atoms with Crippen LogP contribution in [0, 0.1) is 5.82 Å². The maximum atomic E-state index is 13.0. The van der Waals surface area contributed by atoms with Crippen molar-refractivity contribution in [2.75, 3.05) is 6.54 Å². The molecule has 0 bridgehead atoms. The number of hydrogen-bond donors (Lipinski definition) is 1. The van der Waals surface area contributed by atoms with Gasteiger partial charge < -0.3 is 5.73 Å². The van der Waals surface area contributed by atoms with Crippen molar-refractivity contribution < 1.29 is 4.39 Å². The van der Waals surface area contributed by atoms with Gasteiger partial charge in [-0.05, 0) is 24.1 Å².